The van der Waals surface area contributed by atoms with E-state index >= 15 is 4.39 Å². The topological polar surface area (TPSA) is 93.0 Å². The summed E-state index contributed by atoms with van der Waals surface area (Å²) in [6, 6.07) is 8.38. The molecule has 3 saturated heterocycles. The standard InChI is InChI=1S/C30H32ClFN6O3/c1-4-23(39)35-9-10-37-20(15-35)17-41-27-24(29(37)40)28(34-26(25(27)31)21-7-5-6-8-22(21)32)38-16-19(11-30(38,2)3)36-13-18(12-33)14-36/h4-8,18-20H,1,9-11,13-17H2,2-3H3/t19?,20-/m1/s1. The van der Waals surface area contributed by atoms with Gasteiger partial charge in [0.1, 0.15) is 28.8 Å². The Bertz CT molecular complexity index is 1470. The number of amides is 2. The Balaban J connectivity index is 1.46. The van der Waals surface area contributed by atoms with Gasteiger partial charge in [-0.05, 0) is 38.5 Å². The molecule has 11 heteroatoms. The molecule has 2 amide bonds. The fourth-order valence-corrected chi connectivity index (χ4v) is 6.82. The Morgan fingerprint density at radius 2 is 1.98 bits per heavy atom. The molecule has 0 spiro atoms. The largest absolute Gasteiger partial charge is 0.489 e. The maximum absolute atomic E-state index is 15.1. The molecule has 3 fully saturated rings. The van der Waals surface area contributed by atoms with E-state index in [1.807, 2.05) is 0 Å². The van der Waals surface area contributed by atoms with Crippen LogP contribution in [0.2, 0.25) is 5.02 Å². The second-order valence-electron chi connectivity index (χ2n) is 11.8. The first-order chi connectivity index (χ1) is 19.6. The van der Waals surface area contributed by atoms with E-state index in [1.165, 1.54) is 12.1 Å². The molecule has 0 radical (unpaired) electrons. The van der Waals surface area contributed by atoms with Crippen molar-refractivity contribution in [2.75, 3.05) is 50.8 Å². The van der Waals surface area contributed by atoms with Gasteiger partial charge in [0.2, 0.25) is 5.91 Å². The van der Waals surface area contributed by atoms with Gasteiger partial charge in [0.25, 0.3) is 5.91 Å². The zero-order valence-electron chi connectivity index (χ0n) is 23.1. The number of carbonyl (C=O) groups excluding carboxylic acids is 2. The minimum Gasteiger partial charge on any atom is -0.489 e. The monoisotopic (exact) mass is 578 g/mol. The molecule has 214 valence electrons. The van der Waals surface area contributed by atoms with E-state index in [2.05, 4.69) is 36.3 Å². The number of benzene rings is 1. The van der Waals surface area contributed by atoms with Gasteiger partial charge in [-0.3, -0.25) is 14.5 Å². The number of likely N-dealkylation sites (tertiary alicyclic amines) is 1. The number of ether oxygens (including phenoxy) is 1. The van der Waals surface area contributed by atoms with Crippen LogP contribution in [-0.2, 0) is 4.79 Å². The van der Waals surface area contributed by atoms with E-state index < -0.39 is 17.4 Å². The summed E-state index contributed by atoms with van der Waals surface area (Å²) in [5.74, 6) is -0.332. The number of nitrogens with zero attached hydrogens (tertiary/aromatic N) is 6. The Morgan fingerprint density at radius 3 is 2.68 bits per heavy atom. The van der Waals surface area contributed by atoms with Crippen LogP contribution in [0, 0.1) is 23.1 Å². The van der Waals surface area contributed by atoms with Gasteiger partial charge < -0.3 is 19.4 Å². The molecule has 41 heavy (non-hydrogen) atoms. The third-order valence-electron chi connectivity index (χ3n) is 8.79. The summed E-state index contributed by atoms with van der Waals surface area (Å²) >= 11 is 6.90. The molecule has 4 aliphatic rings. The summed E-state index contributed by atoms with van der Waals surface area (Å²) < 4.78 is 21.4. The SMILES string of the molecule is C=CC(=O)N1CCN2C(=O)c3c(N4CC(N5CC(C#N)C5)CC4(C)C)nc(-c4ccccc4F)c(Cl)c3OC[C@H]2C1. The summed E-state index contributed by atoms with van der Waals surface area (Å²) in [5.41, 5.74) is 0.288. The molecule has 0 bridgehead atoms. The van der Waals surface area contributed by atoms with Crippen molar-refractivity contribution in [1.82, 2.24) is 19.7 Å². The third kappa shape index (κ3) is 4.61. The summed E-state index contributed by atoms with van der Waals surface area (Å²) in [4.78, 5) is 39.4. The maximum atomic E-state index is 15.1. The zero-order valence-corrected chi connectivity index (χ0v) is 23.9. The lowest BCUT2D eigenvalue weighted by Gasteiger charge is -2.40. The van der Waals surface area contributed by atoms with Crippen LogP contribution in [-0.4, -0.2) is 95.0 Å². The number of aromatic nitrogens is 1. The number of piperazine rings is 1. The van der Waals surface area contributed by atoms with Gasteiger partial charge in [-0.1, -0.05) is 30.3 Å². The quantitative estimate of drug-likeness (QED) is 0.512. The summed E-state index contributed by atoms with van der Waals surface area (Å²) in [7, 11) is 0. The van der Waals surface area contributed by atoms with Crippen molar-refractivity contribution >= 4 is 29.2 Å². The average molecular weight is 579 g/mol. The second-order valence-corrected chi connectivity index (χ2v) is 12.2. The first kappa shape index (κ1) is 27.5. The molecule has 0 saturated carbocycles. The molecule has 1 aromatic carbocycles. The lowest BCUT2D eigenvalue weighted by atomic mass is 9.94. The van der Waals surface area contributed by atoms with Gasteiger partial charge in [0, 0.05) is 56.4 Å². The molecule has 4 aliphatic heterocycles. The van der Waals surface area contributed by atoms with Gasteiger partial charge >= 0.3 is 0 Å². The van der Waals surface area contributed by atoms with Gasteiger partial charge in [-0.15, -0.1) is 0 Å². The van der Waals surface area contributed by atoms with Crippen molar-refractivity contribution in [1.29, 1.82) is 5.26 Å². The minimum absolute atomic E-state index is 0.0308. The number of fused-ring (bicyclic) bond motifs is 2. The zero-order chi connectivity index (χ0) is 29.1. The lowest BCUT2D eigenvalue weighted by Crippen LogP contribution is -2.57. The highest BCUT2D eigenvalue weighted by atomic mass is 35.5. The summed E-state index contributed by atoms with van der Waals surface area (Å²) in [5, 5.41) is 9.37. The molecule has 6 rings (SSSR count). The molecule has 5 heterocycles. The number of nitriles is 1. The molecule has 0 aliphatic carbocycles. The van der Waals surface area contributed by atoms with Crippen LogP contribution in [0.15, 0.2) is 36.9 Å². The molecule has 1 unspecified atom stereocenters. The number of halogens is 2. The van der Waals surface area contributed by atoms with Crippen LogP contribution in [0.3, 0.4) is 0 Å². The second kappa shape index (κ2) is 10.3. The minimum atomic E-state index is -0.481. The van der Waals surface area contributed by atoms with Crippen molar-refractivity contribution < 1.29 is 18.7 Å². The predicted molar refractivity (Wildman–Crippen MR) is 152 cm³/mol. The molecule has 2 aromatic rings. The number of carbonyl (C=O) groups is 2. The summed E-state index contributed by atoms with van der Waals surface area (Å²) in [6.07, 6.45) is 2.07. The van der Waals surface area contributed by atoms with E-state index in [4.69, 9.17) is 21.3 Å². The van der Waals surface area contributed by atoms with Crippen LogP contribution in [0.1, 0.15) is 30.6 Å². The van der Waals surface area contributed by atoms with Gasteiger partial charge in [0.05, 0.1) is 23.7 Å². The highest BCUT2D eigenvalue weighted by molar-refractivity contribution is 6.35. The highest BCUT2D eigenvalue weighted by Gasteiger charge is 2.48. The average Bonchev–Trinajstić information content (AvgIpc) is 3.16. The molecular weight excluding hydrogens is 547 g/mol. The van der Waals surface area contributed by atoms with Crippen LogP contribution in [0.4, 0.5) is 10.2 Å². The van der Waals surface area contributed by atoms with E-state index in [-0.39, 0.29) is 58.0 Å². The van der Waals surface area contributed by atoms with E-state index in [0.717, 1.165) is 19.5 Å². The molecule has 0 N–H and O–H groups in total. The first-order valence-electron chi connectivity index (χ1n) is 13.9. The fraction of sp³-hybridized carbons (Fsp3) is 0.467. The van der Waals surface area contributed by atoms with Crippen molar-refractivity contribution in [3.63, 3.8) is 0 Å². The Kier molecular flexibility index (Phi) is 6.91. The Hall–Kier alpha value is -3.68. The molecule has 2 atom stereocenters. The molecular formula is C30H32ClFN6O3. The summed E-state index contributed by atoms with van der Waals surface area (Å²) in [6.45, 7) is 10.9. The van der Waals surface area contributed by atoms with Crippen LogP contribution < -0.4 is 9.64 Å². The normalized spacial score (nSPS) is 24.1. The van der Waals surface area contributed by atoms with Crippen LogP contribution >= 0.6 is 11.6 Å². The van der Waals surface area contributed by atoms with E-state index in [9.17, 15) is 14.9 Å². The molecule has 9 nitrogen and oxygen atoms in total. The number of pyridine rings is 1. The van der Waals surface area contributed by atoms with E-state index in [1.54, 1.807) is 28.0 Å². The van der Waals surface area contributed by atoms with E-state index in [0.29, 0.717) is 32.0 Å². The van der Waals surface area contributed by atoms with Crippen LogP contribution in [0.25, 0.3) is 11.3 Å². The van der Waals surface area contributed by atoms with Gasteiger partial charge in [0.15, 0.2) is 5.75 Å². The fourth-order valence-electron chi connectivity index (χ4n) is 6.52. The van der Waals surface area contributed by atoms with Gasteiger partial charge in [-0.25, -0.2) is 9.37 Å². The van der Waals surface area contributed by atoms with Crippen molar-refractivity contribution in [3.05, 3.63) is 53.3 Å². The third-order valence-corrected chi connectivity index (χ3v) is 9.14. The van der Waals surface area contributed by atoms with Crippen LogP contribution in [0.5, 0.6) is 5.75 Å². The number of hydrogen-bond acceptors (Lipinski definition) is 7. The van der Waals surface area contributed by atoms with Crippen molar-refractivity contribution in [2.45, 2.75) is 37.9 Å². The number of hydrogen-bond donors (Lipinski definition) is 0. The highest BCUT2D eigenvalue weighted by Crippen LogP contribution is 2.47. The van der Waals surface area contributed by atoms with Gasteiger partial charge in [-0.2, -0.15) is 5.26 Å². The number of anilines is 1. The predicted octanol–water partition coefficient (Wildman–Crippen LogP) is 3.59. The van der Waals surface area contributed by atoms with Crippen molar-refractivity contribution in [2.24, 2.45) is 5.92 Å². The Morgan fingerprint density at radius 1 is 1.22 bits per heavy atom. The Labute approximate surface area is 243 Å². The van der Waals surface area contributed by atoms with Crippen molar-refractivity contribution in [3.8, 4) is 23.1 Å². The maximum Gasteiger partial charge on any atom is 0.261 e. The smallest absolute Gasteiger partial charge is 0.261 e. The lowest BCUT2D eigenvalue weighted by molar-refractivity contribution is -0.128. The molecule has 1 aromatic heterocycles. The first-order valence-corrected chi connectivity index (χ1v) is 14.3. The number of rotatable bonds is 4.